The van der Waals surface area contributed by atoms with Gasteiger partial charge in [-0.3, -0.25) is 9.69 Å². The summed E-state index contributed by atoms with van der Waals surface area (Å²) in [6, 6.07) is 0.487. The number of fused-ring (bicyclic) bond motifs is 1. The molecule has 0 bridgehead atoms. The summed E-state index contributed by atoms with van der Waals surface area (Å²) in [6.45, 7) is 11.1. The molecule has 0 aromatic carbocycles. The summed E-state index contributed by atoms with van der Waals surface area (Å²) in [7, 11) is 0. The van der Waals surface area contributed by atoms with E-state index in [1.54, 1.807) is 0 Å². The number of hydrogen-bond donors (Lipinski definition) is 0. The molecule has 4 nitrogen and oxygen atoms in total. The Bertz CT molecular complexity index is 409. The highest BCUT2D eigenvalue weighted by Gasteiger charge is 2.66. The summed E-state index contributed by atoms with van der Waals surface area (Å²) in [5.41, 5.74) is 0. The predicted molar refractivity (Wildman–Crippen MR) is 80.6 cm³/mol. The van der Waals surface area contributed by atoms with Gasteiger partial charge in [-0.05, 0) is 44.4 Å². The molecule has 21 heavy (non-hydrogen) atoms. The fourth-order valence-corrected chi connectivity index (χ4v) is 4.29. The minimum absolute atomic E-state index is 0.0477. The summed E-state index contributed by atoms with van der Waals surface area (Å²) < 4.78 is 11.8. The molecule has 0 aromatic heterocycles. The van der Waals surface area contributed by atoms with E-state index in [2.05, 4.69) is 39.5 Å². The second-order valence-corrected chi connectivity index (χ2v) is 7.78. The van der Waals surface area contributed by atoms with Gasteiger partial charge < -0.3 is 9.47 Å². The molecule has 1 aliphatic carbocycles. The topological polar surface area (TPSA) is 38.5 Å². The Labute approximate surface area is 128 Å². The molecule has 3 rings (SSSR count). The zero-order chi connectivity index (χ0) is 15.3. The Hall–Kier alpha value is -0.610. The van der Waals surface area contributed by atoms with Gasteiger partial charge in [0.05, 0.1) is 6.10 Å². The number of carbonyl (C=O) groups is 1. The lowest BCUT2D eigenvalue weighted by Crippen LogP contribution is -2.40. The number of morpholine rings is 1. The molecule has 3 fully saturated rings. The van der Waals surface area contributed by atoms with E-state index in [9.17, 15) is 4.79 Å². The first-order chi connectivity index (χ1) is 9.90. The lowest BCUT2D eigenvalue weighted by Gasteiger charge is -2.38. The second kappa shape index (κ2) is 5.54. The van der Waals surface area contributed by atoms with Crippen molar-refractivity contribution in [2.24, 2.45) is 17.8 Å². The van der Waals surface area contributed by atoms with E-state index in [1.165, 1.54) is 12.8 Å². The van der Waals surface area contributed by atoms with E-state index in [-0.39, 0.29) is 30.4 Å². The third-order valence-corrected chi connectivity index (χ3v) is 5.52. The van der Waals surface area contributed by atoms with Crippen molar-refractivity contribution in [2.45, 2.75) is 84.4 Å². The lowest BCUT2D eigenvalue weighted by molar-refractivity contribution is -0.198. The van der Waals surface area contributed by atoms with Gasteiger partial charge >= 0.3 is 5.97 Å². The molecule has 2 saturated heterocycles. The molecule has 4 heteroatoms. The van der Waals surface area contributed by atoms with Crippen molar-refractivity contribution in [3.05, 3.63) is 0 Å². The first-order valence-corrected chi connectivity index (χ1v) is 8.53. The van der Waals surface area contributed by atoms with Gasteiger partial charge in [-0.2, -0.15) is 0 Å². The van der Waals surface area contributed by atoms with Crippen LogP contribution >= 0.6 is 0 Å². The Morgan fingerprint density at radius 2 is 1.95 bits per heavy atom. The van der Waals surface area contributed by atoms with Crippen molar-refractivity contribution in [3.8, 4) is 0 Å². The monoisotopic (exact) mass is 295 g/mol. The first-order valence-electron chi connectivity index (χ1n) is 8.53. The average Bonchev–Trinajstić information content (AvgIpc) is 3.05. The number of carbonyl (C=O) groups excluding carboxylic acids is 1. The van der Waals surface area contributed by atoms with Gasteiger partial charge in [-0.1, -0.05) is 27.2 Å². The van der Waals surface area contributed by atoms with E-state index >= 15 is 0 Å². The Morgan fingerprint density at radius 3 is 2.52 bits per heavy atom. The van der Waals surface area contributed by atoms with Crippen LogP contribution in [-0.4, -0.2) is 41.4 Å². The zero-order valence-electron chi connectivity index (χ0n) is 13.9. The van der Waals surface area contributed by atoms with E-state index in [0.29, 0.717) is 23.8 Å². The molecule has 120 valence electrons. The molecule has 0 N–H and O–H groups in total. The van der Waals surface area contributed by atoms with Crippen LogP contribution in [0, 0.1) is 17.8 Å². The number of esters is 1. The summed E-state index contributed by atoms with van der Waals surface area (Å²) in [6.07, 6.45) is 3.50. The number of hydrogen-bond acceptors (Lipinski definition) is 4. The first kappa shape index (κ1) is 15.3. The van der Waals surface area contributed by atoms with Crippen molar-refractivity contribution < 1.29 is 14.3 Å². The van der Waals surface area contributed by atoms with Crippen LogP contribution in [0.4, 0.5) is 0 Å². The van der Waals surface area contributed by atoms with Gasteiger partial charge in [0.2, 0.25) is 6.29 Å². The number of nitrogens with zero attached hydrogens (tertiary/aromatic N) is 1. The maximum absolute atomic E-state index is 11.9. The van der Waals surface area contributed by atoms with Crippen molar-refractivity contribution in [1.82, 2.24) is 4.90 Å². The Kier molecular flexibility index (Phi) is 4.04. The second-order valence-electron chi connectivity index (χ2n) is 7.78. The van der Waals surface area contributed by atoms with Crippen LogP contribution in [-0.2, 0) is 14.3 Å². The van der Waals surface area contributed by atoms with Crippen LogP contribution in [0.25, 0.3) is 0 Å². The highest BCUT2D eigenvalue weighted by molar-refractivity contribution is 5.83. The number of ether oxygens (including phenoxy) is 2. The Balaban J connectivity index is 1.66. The molecule has 3 aliphatic rings. The van der Waals surface area contributed by atoms with E-state index in [4.69, 9.17) is 9.47 Å². The molecule has 0 amide bonds. The maximum Gasteiger partial charge on any atom is 0.327 e. The summed E-state index contributed by atoms with van der Waals surface area (Å²) in [4.78, 5) is 14.1. The third kappa shape index (κ3) is 2.72. The van der Waals surface area contributed by atoms with Crippen LogP contribution in [0.5, 0.6) is 0 Å². The van der Waals surface area contributed by atoms with Crippen LogP contribution < -0.4 is 0 Å². The molecule has 2 heterocycles. The molecule has 0 aromatic rings. The van der Waals surface area contributed by atoms with Crippen LogP contribution in [0.2, 0.25) is 0 Å². The van der Waals surface area contributed by atoms with Gasteiger partial charge in [-0.15, -0.1) is 0 Å². The standard InChI is InChI=1S/C17H29NO3/c1-9(2)12-7-6-11(5)8-13(12)20-17-15-14(16(19)21-17)18(15)10(3)4/h9-15,17H,6-8H2,1-5H3/t11-,12+,13-,14+,15-,17-,18?/m1/s1. The number of cyclic esters (lactones) is 1. The number of rotatable bonds is 4. The molecule has 1 saturated carbocycles. The highest BCUT2D eigenvalue weighted by atomic mass is 16.7. The van der Waals surface area contributed by atoms with Gasteiger partial charge in [0, 0.05) is 6.04 Å². The van der Waals surface area contributed by atoms with Gasteiger partial charge in [0.1, 0.15) is 12.1 Å². The fourth-order valence-electron chi connectivity index (χ4n) is 4.29. The van der Waals surface area contributed by atoms with Crippen LogP contribution in [0.3, 0.4) is 0 Å². The minimum Gasteiger partial charge on any atom is -0.433 e. The summed E-state index contributed by atoms with van der Waals surface area (Å²) >= 11 is 0. The molecular weight excluding hydrogens is 266 g/mol. The highest BCUT2D eigenvalue weighted by Crippen LogP contribution is 2.44. The zero-order valence-corrected chi connectivity index (χ0v) is 13.9. The van der Waals surface area contributed by atoms with Crippen molar-refractivity contribution in [1.29, 1.82) is 0 Å². The van der Waals surface area contributed by atoms with Crippen molar-refractivity contribution >= 4 is 5.97 Å². The average molecular weight is 295 g/mol. The molecule has 1 unspecified atom stereocenters. The normalized spacial score (nSPS) is 45.9. The van der Waals surface area contributed by atoms with Crippen LogP contribution in [0.15, 0.2) is 0 Å². The van der Waals surface area contributed by atoms with Crippen molar-refractivity contribution in [2.75, 3.05) is 0 Å². The third-order valence-electron chi connectivity index (χ3n) is 5.52. The SMILES string of the molecule is CC(C)[C@@H]1CC[C@@H](C)C[C@H]1O[C@@H]1OC(=O)[C@@H]2[C@H]1N2C(C)C. The molecule has 2 aliphatic heterocycles. The van der Waals surface area contributed by atoms with Gasteiger partial charge in [-0.25, -0.2) is 0 Å². The van der Waals surface area contributed by atoms with E-state index in [1.807, 2.05) is 0 Å². The lowest BCUT2D eigenvalue weighted by atomic mass is 9.75. The molecule has 7 atom stereocenters. The molecule has 0 spiro atoms. The van der Waals surface area contributed by atoms with E-state index in [0.717, 1.165) is 6.42 Å². The van der Waals surface area contributed by atoms with Crippen molar-refractivity contribution in [3.63, 3.8) is 0 Å². The quantitative estimate of drug-likeness (QED) is 0.590. The predicted octanol–water partition coefficient (Wildman–Crippen LogP) is 2.81. The maximum atomic E-state index is 11.9. The van der Waals surface area contributed by atoms with E-state index < -0.39 is 0 Å². The van der Waals surface area contributed by atoms with Gasteiger partial charge in [0.15, 0.2) is 0 Å². The smallest absolute Gasteiger partial charge is 0.327 e. The summed E-state index contributed by atoms with van der Waals surface area (Å²) in [5.74, 6) is 1.82. The minimum atomic E-state index is -0.346. The molecule has 0 radical (unpaired) electrons. The molecular formula is C17H29NO3. The Morgan fingerprint density at radius 1 is 1.24 bits per heavy atom. The largest absolute Gasteiger partial charge is 0.433 e. The van der Waals surface area contributed by atoms with Gasteiger partial charge in [0.25, 0.3) is 0 Å². The van der Waals surface area contributed by atoms with Crippen LogP contribution in [0.1, 0.15) is 53.9 Å². The summed E-state index contributed by atoms with van der Waals surface area (Å²) in [5, 5.41) is 0. The fraction of sp³-hybridized carbons (Fsp3) is 0.941.